The Morgan fingerprint density at radius 3 is 2.35 bits per heavy atom. The van der Waals surface area contributed by atoms with E-state index in [9.17, 15) is 5.11 Å². The van der Waals surface area contributed by atoms with Crippen LogP contribution in [-0.4, -0.2) is 15.2 Å². The Kier molecular flexibility index (Phi) is 6.37. The minimum Gasteiger partial charge on any atom is -0.504 e. The van der Waals surface area contributed by atoms with Crippen molar-refractivity contribution in [2.24, 2.45) is 5.73 Å². The number of aromatic hydroxyl groups is 2. The molecule has 0 amide bonds. The molecule has 0 unspecified atom stereocenters. The lowest BCUT2D eigenvalue weighted by atomic mass is 10.1. The zero-order valence-corrected chi connectivity index (χ0v) is 10.5. The summed E-state index contributed by atoms with van der Waals surface area (Å²) in [7, 11) is 0. The van der Waals surface area contributed by atoms with Gasteiger partial charge in [-0.05, 0) is 23.8 Å². The van der Waals surface area contributed by atoms with Crippen LogP contribution in [0.25, 0.3) is 6.08 Å². The molecule has 1 aromatic rings. The van der Waals surface area contributed by atoms with E-state index in [1.54, 1.807) is 0 Å². The number of rotatable bonds is 2. The lowest BCUT2D eigenvalue weighted by Gasteiger charge is -1.99. The summed E-state index contributed by atoms with van der Waals surface area (Å²) in [5, 5.41) is 26.9. The molecule has 0 saturated carbocycles. The molecular weight excluding hydrogens is 236 g/mol. The fraction of sp³-hybridized carbons (Fsp3) is 0.167. The first kappa shape index (κ1) is 14.9. The first-order chi connectivity index (χ1) is 8.04. The van der Waals surface area contributed by atoms with Crippen LogP contribution in [0.1, 0.15) is 19.4 Å². The second-order valence-electron chi connectivity index (χ2n) is 2.78. The second-order valence-corrected chi connectivity index (χ2v) is 3.22. The molecule has 0 fully saturated rings. The SMILES string of the molecule is CC.N#C/C(=C\c1ccc(O)c(O)c1)C(N)=S. The van der Waals surface area contributed by atoms with Crippen molar-refractivity contribution >= 4 is 23.3 Å². The monoisotopic (exact) mass is 250 g/mol. The van der Waals surface area contributed by atoms with Crippen molar-refractivity contribution in [1.29, 1.82) is 5.26 Å². The predicted molar refractivity (Wildman–Crippen MR) is 71.5 cm³/mol. The van der Waals surface area contributed by atoms with E-state index in [1.807, 2.05) is 19.9 Å². The highest BCUT2D eigenvalue weighted by molar-refractivity contribution is 7.80. The standard InChI is InChI=1S/C10H8N2O2S.C2H6/c11-5-7(10(12)15)3-6-1-2-8(13)9(14)4-6;1-2/h1-4,13-14H,(H2,12,15);1-2H3/b7-3+;. The van der Waals surface area contributed by atoms with Crippen molar-refractivity contribution in [3.8, 4) is 17.6 Å². The average molecular weight is 250 g/mol. The van der Waals surface area contributed by atoms with Gasteiger partial charge in [0.1, 0.15) is 11.1 Å². The van der Waals surface area contributed by atoms with Gasteiger partial charge in [-0.2, -0.15) is 5.26 Å². The van der Waals surface area contributed by atoms with Gasteiger partial charge < -0.3 is 15.9 Å². The van der Waals surface area contributed by atoms with E-state index in [0.29, 0.717) is 5.56 Å². The number of benzene rings is 1. The van der Waals surface area contributed by atoms with Crippen LogP contribution < -0.4 is 5.73 Å². The Balaban J connectivity index is 0.00000121. The Labute approximate surface area is 106 Å². The third-order valence-electron chi connectivity index (χ3n) is 1.70. The highest BCUT2D eigenvalue weighted by atomic mass is 32.1. The fourth-order valence-electron chi connectivity index (χ4n) is 0.955. The highest BCUT2D eigenvalue weighted by Gasteiger charge is 2.02. The Morgan fingerprint density at radius 2 is 1.94 bits per heavy atom. The molecule has 0 radical (unpaired) electrons. The predicted octanol–water partition coefficient (Wildman–Crippen LogP) is 2.32. The van der Waals surface area contributed by atoms with Crippen LogP contribution in [0.4, 0.5) is 0 Å². The van der Waals surface area contributed by atoms with Crippen molar-refractivity contribution in [3.63, 3.8) is 0 Å². The Morgan fingerprint density at radius 1 is 1.35 bits per heavy atom. The van der Waals surface area contributed by atoms with Crippen molar-refractivity contribution in [3.05, 3.63) is 29.3 Å². The van der Waals surface area contributed by atoms with Crippen LogP contribution in [0.3, 0.4) is 0 Å². The molecular formula is C12H14N2O2S. The van der Waals surface area contributed by atoms with Gasteiger partial charge in [0.25, 0.3) is 0 Å². The molecule has 0 atom stereocenters. The summed E-state index contributed by atoms with van der Waals surface area (Å²) in [6.07, 6.45) is 1.43. The van der Waals surface area contributed by atoms with Crippen LogP contribution in [0.15, 0.2) is 23.8 Å². The summed E-state index contributed by atoms with van der Waals surface area (Å²) in [6, 6.07) is 5.99. The van der Waals surface area contributed by atoms with Gasteiger partial charge in [-0.25, -0.2) is 0 Å². The summed E-state index contributed by atoms with van der Waals surface area (Å²) in [6.45, 7) is 4.00. The number of nitriles is 1. The first-order valence-corrected chi connectivity index (χ1v) is 5.39. The van der Waals surface area contributed by atoms with E-state index in [4.69, 9.17) is 16.1 Å². The smallest absolute Gasteiger partial charge is 0.157 e. The third-order valence-corrected chi connectivity index (χ3v) is 1.92. The fourth-order valence-corrected chi connectivity index (χ4v) is 1.06. The Bertz CT molecular complexity index is 476. The molecule has 0 spiro atoms. The third kappa shape index (κ3) is 4.53. The average Bonchev–Trinajstić information content (AvgIpc) is 2.32. The zero-order valence-electron chi connectivity index (χ0n) is 9.64. The molecule has 0 aliphatic carbocycles. The molecule has 0 bridgehead atoms. The number of nitrogens with zero attached hydrogens (tertiary/aromatic N) is 1. The summed E-state index contributed by atoms with van der Waals surface area (Å²) in [4.78, 5) is -0.00920. The van der Waals surface area contributed by atoms with Crippen molar-refractivity contribution in [2.75, 3.05) is 0 Å². The van der Waals surface area contributed by atoms with Crippen molar-refractivity contribution in [2.45, 2.75) is 13.8 Å². The largest absolute Gasteiger partial charge is 0.504 e. The van der Waals surface area contributed by atoms with Gasteiger partial charge in [-0.15, -0.1) is 0 Å². The van der Waals surface area contributed by atoms with Gasteiger partial charge in [-0.1, -0.05) is 32.1 Å². The quantitative estimate of drug-likeness (QED) is 0.324. The summed E-state index contributed by atoms with van der Waals surface area (Å²) >= 11 is 4.65. The maximum absolute atomic E-state index is 9.20. The van der Waals surface area contributed by atoms with Crippen LogP contribution in [0.2, 0.25) is 0 Å². The molecule has 4 N–H and O–H groups in total. The van der Waals surface area contributed by atoms with E-state index in [0.717, 1.165) is 0 Å². The number of nitrogens with two attached hydrogens (primary N) is 1. The minimum atomic E-state index is -0.260. The van der Waals surface area contributed by atoms with Gasteiger partial charge in [-0.3, -0.25) is 0 Å². The van der Waals surface area contributed by atoms with Gasteiger partial charge in [0.05, 0.1) is 5.57 Å². The summed E-state index contributed by atoms with van der Waals surface area (Å²) in [5.41, 5.74) is 5.98. The molecule has 0 heterocycles. The maximum Gasteiger partial charge on any atom is 0.157 e. The van der Waals surface area contributed by atoms with Gasteiger partial charge in [0.15, 0.2) is 11.5 Å². The molecule has 1 aromatic carbocycles. The van der Waals surface area contributed by atoms with E-state index >= 15 is 0 Å². The van der Waals surface area contributed by atoms with E-state index in [1.165, 1.54) is 24.3 Å². The van der Waals surface area contributed by atoms with E-state index in [2.05, 4.69) is 12.2 Å². The molecule has 4 nitrogen and oxygen atoms in total. The molecule has 0 saturated heterocycles. The van der Waals surface area contributed by atoms with E-state index < -0.39 is 0 Å². The number of hydrogen-bond acceptors (Lipinski definition) is 4. The van der Waals surface area contributed by atoms with E-state index in [-0.39, 0.29) is 22.1 Å². The molecule has 0 aliphatic heterocycles. The molecule has 1 rings (SSSR count). The zero-order chi connectivity index (χ0) is 13.4. The minimum absolute atomic E-state index is 0.00920. The van der Waals surface area contributed by atoms with Crippen LogP contribution in [0, 0.1) is 11.3 Å². The van der Waals surface area contributed by atoms with Crippen LogP contribution in [0.5, 0.6) is 11.5 Å². The lowest BCUT2D eigenvalue weighted by Crippen LogP contribution is -2.09. The van der Waals surface area contributed by atoms with Crippen molar-refractivity contribution in [1.82, 2.24) is 0 Å². The summed E-state index contributed by atoms with van der Waals surface area (Å²) in [5.74, 6) is -0.482. The Hall–Kier alpha value is -2.06. The molecule has 17 heavy (non-hydrogen) atoms. The number of hydrogen-bond donors (Lipinski definition) is 3. The van der Waals surface area contributed by atoms with Gasteiger partial charge >= 0.3 is 0 Å². The molecule has 0 aliphatic rings. The topological polar surface area (TPSA) is 90.3 Å². The summed E-state index contributed by atoms with van der Waals surface area (Å²) < 4.78 is 0. The second kappa shape index (κ2) is 7.25. The number of phenolic OH excluding ortho intramolecular Hbond substituents is 2. The van der Waals surface area contributed by atoms with Crippen LogP contribution in [-0.2, 0) is 0 Å². The maximum atomic E-state index is 9.20. The highest BCUT2D eigenvalue weighted by Crippen LogP contribution is 2.25. The number of thiocarbonyl (C=S) groups is 1. The van der Waals surface area contributed by atoms with Gasteiger partial charge in [0.2, 0.25) is 0 Å². The van der Waals surface area contributed by atoms with Crippen LogP contribution >= 0.6 is 12.2 Å². The molecule has 5 heteroatoms. The number of phenols is 2. The van der Waals surface area contributed by atoms with Crippen molar-refractivity contribution < 1.29 is 10.2 Å². The molecule has 0 aromatic heterocycles. The first-order valence-electron chi connectivity index (χ1n) is 4.98. The molecule has 90 valence electrons. The lowest BCUT2D eigenvalue weighted by molar-refractivity contribution is 0.403. The van der Waals surface area contributed by atoms with Gasteiger partial charge in [0, 0.05) is 0 Å². The normalized spacial score (nSPS) is 9.82.